The smallest absolute Gasteiger partial charge is 0.326 e. The molecular weight excluding hydrogens is 242 g/mol. The number of hydrogen-bond donors (Lipinski definition) is 2. The lowest BCUT2D eigenvalue weighted by atomic mass is 9.50. The maximum atomic E-state index is 11.6. The molecule has 2 N–H and O–H groups in total. The highest BCUT2D eigenvalue weighted by atomic mass is 16.4. The molecule has 0 aliphatic heterocycles. The van der Waals surface area contributed by atoms with Gasteiger partial charge in [0.25, 0.3) is 0 Å². The summed E-state index contributed by atoms with van der Waals surface area (Å²) < 4.78 is 0. The quantitative estimate of drug-likeness (QED) is 0.817. The maximum Gasteiger partial charge on any atom is 0.326 e. The summed E-state index contributed by atoms with van der Waals surface area (Å²) in [4.78, 5) is 23.1. The summed E-state index contributed by atoms with van der Waals surface area (Å²) in [5, 5.41) is 12.2. The first-order valence-corrected chi connectivity index (χ1v) is 7.60. The van der Waals surface area contributed by atoms with Crippen LogP contribution >= 0.6 is 0 Å². The number of amides is 1. The third kappa shape index (κ3) is 2.26. The van der Waals surface area contributed by atoms with Crippen molar-refractivity contribution in [1.82, 2.24) is 5.32 Å². The highest BCUT2D eigenvalue weighted by Crippen LogP contribution is 2.57. The standard InChI is InChI=1S/C15H23NO3/c1-2-12(17)16-14(15(18)19)13-10-4-8-3-9(6-10)7-11(13)5-8/h8-11,13-14H,2-7H2,1H3,(H,16,17)(H,18,19). The molecule has 0 aromatic carbocycles. The molecule has 106 valence electrons. The number of carbonyl (C=O) groups is 2. The van der Waals surface area contributed by atoms with Crippen molar-refractivity contribution in [3.63, 3.8) is 0 Å². The molecule has 1 unspecified atom stereocenters. The van der Waals surface area contributed by atoms with E-state index in [1.165, 1.54) is 32.1 Å². The van der Waals surface area contributed by atoms with Crippen LogP contribution in [0.1, 0.15) is 45.4 Å². The minimum absolute atomic E-state index is 0.138. The molecule has 0 aromatic rings. The molecule has 4 bridgehead atoms. The van der Waals surface area contributed by atoms with Gasteiger partial charge in [-0.25, -0.2) is 4.79 Å². The molecule has 0 heterocycles. The van der Waals surface area contributed by atoms with Gasteiger partial charge < -0.3 is 10.4 Å². The van der Waals surface area contributed by atoms with Gasteiger partial charge in [0, 0.05) is 6.42 Å². The monoisotopic (exact) mass is 265 g/mol. The van der Waals surface area contributed by atoms with Crippen LogP contribution in [0.5, 0.6) is 0 Å². The molecule has 4 rings (SSSR count). The lowest BCUT2D eigenvalue weighted by Crippen LogP contribution is -2.56. The Bertz CT molecular complexity index is 365. The number of carboxylic acids is 1. The third-order valence-corrected chi connectivity index (χ3v) is 5.59. The van der Waals surface area contributed by atoms with Gasteiger partial charge >= 0.3 is 5.97 Å². The van der Waals surface area contributed by atoms with Gasteiger partial charge in [0.1, 0.15) is 6.04 Å². The number of carboxylic acid groups (broad SMARTS) is 1. The summed E-state index contributed by atoms with van der Waals surface area (Å²) in [5.74, 6) is 1.88. The normalized spacial score (nSPS) is 41.0. The number of hydrogen-bond acceptors (Lipinski definition) is 2. The van der Waals surface area contributed by atoms with Crippen LogP contribution in [-0.2, 0) is 9.59 Å². The number of nitrogens with one attached hydrogen (secondary N) is 1. The second kappa shape index (κ2) is 4.80. The van der Waals surface area contributed by atoms with Crippen molar-refractivity contribution in [2.24, 2.45) is 29.6 Å². The van der Waals surface area contributed by atoms with Crippen LogP contribution in [0, 0.1) is 29.6 Å². The Morgan fingerprint density at radius 3 is 2.05 bits per heavy atom. The molecule has 0 saturated heterocycles. The molecule has 4 nitrogen and oxygen atoms in total. The Labute approximate surface area is 113 Å². The van der Waals surface area contributed by atoms with Gasteiger partial charge in [0.2, 0.25) is 5.91 Å². The van der Waals surface area contributed by atoms with Gasteiger partial charge in [0.05, 0.1) is 0 Å². The van der Waals surface area contributed by atoms with Crippen molar-refractivity contribution in [3.8, 4) is 0 Å². The molecule has 0 aromatic heterocycles. The predicted octanol–water partition coefficient (Wildman–Crippen LogP) is 2.04. The molecule has 1 atom stereocenters. The molecule has 4 aliphatic carbocycles. The van der Waals surface area contributed by atoms with Crippen molar-refractivity contribution in [3.05, 3.63) is 0 Å². The van der Waals surface area contributed by atoms with Crippen LogP contribution in [0.25, 0.3) is 0 Å². The molecule has 0 radical (unpaired) electrons. The van der Waals surface area contributed by atoms with Gasteiger partial charge in [0.15, 0.2) is 0 Å². The van der Waals surface area contributed by atoms with E-state index in [0.29, 0.717) is 18.3 Å². The largest absolute Gasteiger partial charge is 0.480 e. The van der Waals surface area contributed by atoms with Gasteiger partial charge in [-0.05, 0) is 61.7 Å². The van der Waals surface area contributed by atoms with Crippen molar-refractivity contribution < 1.29 is 14.7 Å². The van der Waals surface area contributed by atoms with Gasteiger partial charge in [-0.15, -0.1) is 0 Å². The average molecular weight is 265 g/mol. The van der Waals surface area contributed by atoms with E-state index < -0.39 is 12.0 Å². The highest BCUT2D eigenvalue weighted by molar-refractivity contribution is 5.83. The molecule has 4 heteroatoms. The fourth-order valence-electron chi connectivity index (χ4n) is 5.11. The second-order valence-electron chi connectivity index (χ2n) is 6.75. The first-order valence-electron chi connectivity index (χ1n) is 7.60. The minimum atomic E-state index is -0.848. The summed E-state index contributed by atoms with van der Waals surface area (Å²) in [6.45, 7) is 1.77. The SMILES string of the molecule is CCC(=O)NC(C(=O)O)C1C2CC3CC(C2)CC1C3. The molecule has 4 fully saturated rings. The Kier molecular flexibility index (Phi) is 3.27. The third-order valence-electron chi connectivity index (χ3n) is 5.59. The van der Waals surface area contributed by atoms with Gasteiger partial charge in [-0.1, -0.05) is 6.92 Å². The molecular formula is C15H23NO3. The fraction of sp³-hybridized carbons (Fsp3) is 0.867. The van der Waals surface area contributed by atoms with Crippen LogP contribution in [-0.4, -0.2) is 23.0 Å². The Morgan fingerprint density at radius 1 is 1.11 bits per heavy atom. The Hall–Kier alpha value is -1.06. The van der Waals surface area contributed by atoms with E-state index in [0.717, 1.165) is 11.8 Å². The summed E-state index contributed by atoms with van der Waals surface area (Å²) in [6.07, 6.45) is 6.45. The molecule has 4 aliphatic rings. The van der Waals surface area contributed by atoms with Crippen molar-refractivity contribution in [1.29, 1.82) is 0 Å². The number of rotatable bonds is 4. The van der Waals surface area contributed by atoms with E-state index >= 15 is 0 Å². The van der Waals surface area contributed by atoms with Crippen LogP contribution in [0.15, 0.2) is 0 Å². The summed E-state index contributed by atoms with van der Waals surface area (Å²) in [5.41, 5.74) is 0. The highest BCUT2D eigenvalue weighted by Gasteiger charge is 2.52. The summed E-state index contributed by atoms with van der Waals surface area (Å²) in [7, 11) is 0. The lowest BCUT2D eigenvalue weighted by Gasteiger charge is -2.55. The van der Waals surface area contributed by atoms with Crippen LogP contribution in [0.2, 0.25) is 0 Å². The summed E-state index contributed by atoms with van der Waals surface area (Å²) >= 11 is 0. The van der Waals surface area contributed by atoms with Crippen molar-refractivity contribution in [2.45, 2.75) is 51.5 Å². The number of aliphatic carboxylic acids is 1. The Balaban J connectivity index is 1.78. The zero-order valence-electron chi connectivity index (χ0n) is 11.5. The van der Waals surface area contributed by atoms with E-state index in [1.54, 1.807) is 6.92 Å². The average Bonchev–Trinajstić information content (AvgIpc) is 2.35. The maximum absolute atomic E-state index is 11.6. The zero-order chi connectivity index (χ0) is 13.6. The van der Waals surface area contributed by atoms with E-state index in [1.807, 2.05) is 0 Å². The molecule has 0 spiro atoms. The Morgan fingerprint density at radius 2 is 1.63 bits per heavy atom. The van der Waals surface area contributed by atoms with E-state index in [9.17, 15) is 14.7 Å². The van der Waals surface area contributed by atoms with Gasteiger partial charge in [-0.2, -0.15) is 0 Å². The fourth-order valence-corrected chi connectivity index (χ4v) is 5.11. The molecule has 1 amide bonds. The predicted molar refractivity (Wildman–Crippen MR) is 70.4 cm³/mol. The number of carbonyl (C=O) groups excluding carboxylic acids is 1. The van der Waals surface area contributed by atoms with Crippen LogP contribution in [0.3, 0.4) is 0 Å². The summed E-state index contributed by atoms with van der Waals surface area (Å²) in [6, 6.07) is -0.664. The topological polar surface area (TPSA) is 66.4 Å². The van der Waals surface area contributed by atoms with Crippen molar-refractivity contribution >= 4 is 11.9 Å². The van der Waals surface area contributed by atoms with E-state index in [2.05, 4.69) is 5.32 Å². The van der Waals surface area contributed by atoms with E-state index in [4.69, 9.17) is 0 Å². The second-order valence-corrected chi connectivity index (χ2v) is 6.75. The van der Waals surface area contributed by atoms with E-state index in [-0.39, 0.29) is 11.8 Å². The first-order chi connectivity index (χ1) is 9.08. The first kappa shape index (κ1) is 12.9. The minimum Gasteiger partial charge on any atom is -0.480 e. The lowest BCUT2D eigenvalue weighted by molar-refractivity contribution is -0.149. The molecule has 4 saturated carbocycles. The zero-order valence-corrected chi connectivity index (χ0v) is 11.5. The van der Waals surface area contributed by atoms with Crippen LogP contribution < -0.4 is 5.32 Å². The van der Waals surface area contributed by atoms with Crippen LogP contribution in [0.4, 0.5) is 0 Å². The van der Waals surface area contributed by atoms with Crippen molar-refractivity contribution in [2.75, 3.05) is 0 Å². The van der Waals surface area contributed by atoms with Gasteiger partial charge in [-0.3, -0.25) is 4.79 Å². The molecule has 19 heavy (non-hydrogen) atoms.